The number of carbonyl (C=O) groups excluding carboxylic acids is 1. The molecule has 4 aromatic rings. The molecule has 1 heterocycles. The number of amides is 1. The quantitative estimate of drug-likeness (QED) is 0.445. The Hall–Kier alpha value is -3.21. The Morgan fingerprint density at radius 1 is 0.968 bits per heavy atom. The van der Waals surface area contributed by atoms with E-state index in [1.807, 2.05) is 0 Å². The molecule has 2 N–H and O–H groups in total. The number of halogens is 1. The summed E-state index contributed by atoms with van der Waals surface area (Å²) in [6.07, 6.45) is 0. The summed E-state index contributed by atoms with van der Waals surface area (Å²) in [7, 11) is -4.09. The van der Waals surface area contributed by atoms with Gasteiger partial charge in [-0.15, -0.1) is 0 Å². The molecule has 4 rings (SSSR count). The summed E-state index contributed by atoms with van der Waals surface area (Å²) < 4.78 is 50.0. The third-order valence-electron chi connectivity index (χ3n) is 4.59. The zero-order chi connectivity index (χ0) is 21.8. The predicted octanol–water partition coefficient (Wildman–Crippen LogP) is 3.17. The third-order valence-corrected chi connectivity index (χ3v) is 6.58. The van der Waals surface area contributed by atoms with Crippen molar-refractivity contribution in [1.82, 2.24) is 18.8 Å². The molecule has 0 bridgehead atoms. The molecule has 0 aliphatic rings. The van der Waals surface area contributed by atoms with Gasteiger partial charge in [0.1, 0.15) is 27.8 Å². The number of sulfonamides is 1. The SMILES string of the molecule is O=C(NCc1ccc(F)cc1)C(NS(=O)(=O)c1cccc2nsnc12)c1ccccc1. The maximum Gasteiger partial charge on any atom is 0.243 e. The zero-order valence-corrected chi connectivity index (χ0v) is 17.7. The van der Waals surface area contributed by atoms with Gasteiger partial charge in [0.2, 0.25) is 15.9 Å². The van der Waals surface area contributed by atoms with E-state index >= 15 is 0 Å². The lowest BCUT2D eigenvalue weighted by atomic mass is 10.1. The van der Waals surface area contributed by atoms with Gasteiger partial charge in [0.15, 0.2) is 0 Å². The minimum absolute atomic E-state index is 0.0500. The summed E-state index contributed by atoms with van der Waals surface area (Å²) in [5.41, 5.74) is 1.87. The van der Waals surface area contributed by atoms with Gasteiger partial charge in [-0.05, 0) is 35.4 Å². The van der Waals surface area contributed by atoms with Crippen molar-refractivity contribution in [2.75, 3.05) is 0 Å². The number of hydrogen-bond acceptors (Lipinski definition) is 6. The first-order valence-corrected chi connectivity index (χ1v) is 11.5. The van der Waals surface area contributed by atoms with E-state index in [1.54, 1.807) is 54.6 Å². The van der Waals surface area contributed by atoms with E-state index in [4.69, 9.17) is 0 Å². The number of fused-ring (bicyclic) bond motifs is 1. The molecule has 0 aliphatic carbocycles. The van der Waals surface area contributed by atoms with Crippen LogP contribution in [-0.4, -0.2) is 23.1 Å². The summed E-state index contributed by atoms with van der Waals surface area (Å²) in [5, 5.41) is 2.71. The Morgan fingerprint density at radius 2 is 1.71 bits per heavy atom. The summed E-state index contributed by atoms with van der Waals surface area (Å²) in [6.45, 7) is 0.121. The van der Waals surface area contributed by atoms with Crippen molar-refractivity contribution < 1.29 is 17.6 Å². The Morgan fingerprint density at radius 3 is 2.45 bits per heavy atom. The van der Waals surface area contributed by atoms with Crippen LogP contribution in [0, 0.1) is 5.82 Å². The number of rotatable bonds is 7. The molecule has 10 heteroatoms. The first-order valence-electron chi connectivity index (χ1n) is 9.25. The summed E-state index contributed by atoms with van der Waals surface area (Å²) in [6, 6.07) is 17.7. The molecule has 1 aromatic heterocycles. The molecule has 158 valence electrons. The number of nitrogens with one attached hydrogen (secondary N) is 2. The molecule has 0 saturated carbocycles. The summed E-state index contributed by atoms with van der Waals surface area (Å²) in [5.74, 6) is -0.918. The van der Waals surface area contributed by atoms with Crippen molar-refractivity contribution in [1.29, 1.82) is 0 Å². The van der Waals surface area contributed by atoms with Crippen LogP contribution in [0.5, 0.6) is 0 Å². The van der Waals surface area contributed by atoms with E-state index in [1.165, 1.54) is 18.2 Å². The molecule has 0 radical (unpaired) electrons. The van der Waals surface area contributed by atoms with Gasteiger partial charge in [0.25, 0.3) is 0 Å². The van der Waals surface area contributed by atoms with Crippen molar-refractivity contribution in [2.24, 2.45) is 0 Å². The second-order valence-electron chi connectivity index (χ2n) is 6.70. The highest BCUT2D eigenvalue weighted by Crippen LogP contribution is 2.24. The van der Waals surface area contributed by atoms with Gasteiger partial charge in [-0.1, -0.05) is 48.5 Å². The van der Waals surface area contributed by atoms with Crippen LogP contribution in [0.15, 0.2) is 77.7 Å². The smallest absolute Gasteiger partial charge is 0.243 e. The molecule has 31 heavy (non-hydrogen) atoms. The van der Waals surface area contributed by atoms with Crippen LogP contribution in [0.1, 0.15) is 17.2 Å². The van der Waals surface area contributed by atoms with E-state index in [9.17, 15) is 17.6 Å². The van der Waals surface area contributed by atoms with Crippen molar-refractivity contribution in [3.63, 3.8) is 0 Å². The number of aromatic nitrogens is 2. The number of nitrogens with zero attached hydrogens (tertiary/aromatic N) is 2. The van der Waals surface area contributed by atoms with Crippen molar-refractivity contribution >= 4 is 38.7 Å². The lowest BCUT2D eigenvalue weighted by molar-refractivity contribution is -0.123. The van der Waals surface area contributed by atoms with E-state index < -0.39 is 22.0 Å². The van der Waals surface area contributed by atoms with Gasteiger partial charge in [-0.3, -0.25) is 4.79 Å². The molecule has 1 amide bonds. The molecule has 0 aliphatic heterocycles. The van der Waals surface area contributed by atoms with Crippen LogP contribution in [0.4, 0.5) is 4.39 Å². The molecule has 3 aromatic carbocycles. The number of benzene rings is 3. The fourth-order valence-corrected chi connectivity index (χ4v) is 4.98. The van der Waals surface area contributed by atoms with Gasteiger partial charge in [-0.2, -0.15) is 13.5 Å². The molecule has 1 atom stereocenters. The van der Waals surface area contributed by atoms with Gasteiger partial charge in [0, 0.05) is 6.54 Å². The first-order chi connectivity index (χ1) is 14.9. The minimum atomic E-state index is -4.09. The maximum atomic E-state index is 13.1. The highest BCUT2D eigenvalue weighted by molar-refractivity contribution is 7.89. The molecular formula is C21H17FN4O3S2. The highest BCUT2D eigenvalue weighted by Gasteiger charge is 2.29. The minimum Gasteiger partial charge on any atom is -0.350 e. The van der Waals surface area contributed by atoms with Crippen molar-refractivity contribution in [3.8, 4) is 0 Å². The molecule has 1 unspecified atom stereocenters. The second kappa shape index (κ2) is 8.88. The number of hydrogen-bond donors (Lipinski definition) is 2. The van der Waals surface area contributed by atoms with E-state index in [0.717, 1.165) is 11.7 Å². The van der Waals surface area contributed by atoms with Crippen LogP contribution in [0.25, 0.3) is 11.0 Å². The van der Waals surface area contributed by atoms with Gasteiger partial charge < -0.3 is 5.32 Å². The molecule has 0 fully saturated rings. The van der Waals surface area contributed by atoms with Gasteiger partial charge >= 0.3 is 0 Å². The Bertz CT molecular complexity index is 1310. The van der Waals surface area contributed by atoms with Crippen LogP contribution in [-0.2, 0) is 21.4 Å². The van der Waals surface area contributed by atoms with Crippen molar-refractivity contribution in [3.05, 3.63) is 89.7 Å². The van der Waals surface area contributed by atoms with Gasteiger partial charge in [0.05, 0.1) is 11.7 Å². The Labute approximate surface area is 182 Å². The fraction of sp³-hybridized carbons (Fsp3) is 0.0952. The summed E-state index contributed by atoms with van der Waals surface area (Å²) >= 11 is 0.913. The highest BCUT2D eigenvalue weighted by atomic mass is 32.2. The van der Waals surface area contributed by atoms with Gasteiger partial charge in [-0.25, -0.2) is 12.8 Å². The van der Waals surface area contributed by atoms with E-state index in [0.29, 0.717) is 16.6 Å². The second-order valence-corrected chi connectivity index (χ2v) is 8.91. The average Bonchev–Trinajstić information content (AvgIpc) is 3.26. The maximum absolute atomic E-state index is 13.1. The molecule has 7 nitrogen and oxygen atoms in total. The molecule has 0 spiro atoms. The van der Waals surface area contributed by atoms with E-state index in [2.05, 4.69) is 18.8 Å². The lowest BCUT2D eigenvalue weighted by Gasteiger charge is -2.19. The topological polar surface area (TPSA) is 101 Å². The Balaban J connectivity index is 1.61. The first kappa shape index (κ1) is 21.0. The van der Waals surface area contributed by atoms with Crippen molar-refractivity contribution in [2.45, 2.75) is 17.5 Å². The van der Waals surface area contributed by atoms with Crippen LogP contribution in [0.3, 0.4) is 0 Å². The lowest BCUT2D eigenvalue weighted by Crippen LogP contribution is -2.40. The van der Waals surface area contributed by atoms with Crippen LogP contribution in [0.2, 0.25) is 0 Å². The normalized spacial score (nSPS) is 12.5. The monoisotopic (exact) mass is 456 g/mol. The standard InChI is InChI=1S/C21H17FN4O3S2/c22-16-11-9-14(10-12-16)13-23-21(27)19(15-5-2-1-3-6-15)26-31(28,29)18-8-4-7-17-20(18)25-30-24-17/h1-12,19,26H,13H2,(H,23,27). The largest absolute Gasteiger partial charge is 0.350 e. The summed E-state index contributed by atoms with van der Waals surface area (Å²) in [4.78, 5) is 12.9. The van der Waals surface area contributed by atoms with Crippen LogP contribution < -0.4 is 10.0 Å². The number of carbonyl (C=O) groups is 1. The van der Waals surface area contributed by atoms with E-state index in [-0.39, 0.29) is 22.8 Å². The van der Waals surface area contributed by atoms with Crippen LogP contribution >= 0.6 is 11.7 Å². The Kier molecular flexibility index (Phi) is 6.03. The third kappa shape index (κ3) is 4.76. The predicted molar refractivity (Wildman–Crippen MR) is 115 cm³/mol. The average molecular weight is 457 g/mol. The fourth-order valence-electron chi connectivity index (χ4n) is 3.03. The molecular weight excluding hydrogens is 439 g/mol. The zero-order valence-electron chi connectivity index (χ0n) is 16.0. The molecule has 0 saturated heterocycles.